The zero-order valence-corrected chi connectivity index (χ0v) is 12.4. The monoisotopic (exact) mass is 269 g/mol. The second-order valence-corrected chi connectivity index (χ2v) is 5.75. The molecule has 1 aliphatic heterocycles. The van der Waals surface area contributed by atoms with E-state index in [1.165, 1.54) is 0 Å². The zero-order chi connectivity index (χ0) is 14.4. The van der Waals surface area contributed by atoms with Gasteiger partial charge in [-0.1, -0.05) is 13.8 Å². The molecule has 0 aliphatic carbocycles. The van der Waals surface area contributed by atoms with E-state index >= 15 is 0 Å². The van der Waals surface area contributed by atoms with Crippen LogP contribution in [0.15, 0.2) is 0 Å². The maximum absolute atomic E-state index is 12.4. The number of rotatable bonds is 4. The van der Waals surface area contributed by atoms with Crippen molar-refractivity contribution in [3.05, 3.63) is 0 Å². The molecule has 1 saturated heterocycles. The fraction of sp³-hybridized carbons (Fsp3) is 0.857. The van der Waals surface area contributed by atoms with E-state index < -0.39 is 0 Å². The van der Waals surface area contributed by atoms with Gasteiger partial charge in [-0.15, -0.1) is 0 Å². The minimum Gasteiger partial charge on any atom is -0.341 e. The molecule has 1 rings (SSSR count). The van der Waals surface area contributed by atoms with Crippen LogP contribution in [-0.2, 0) is 9.59 Å². The molecule has 0 aromatic heterocycles. The molecule has 19 heavy (non-hydrogen) atoms. The Kier molecular flexibility index (Phi) is 6.28. The van der Waals surface area contributed by atoms with Gasteiger partial charge in [-0.3, -0.25) is 9.59 Å². The first-order valence-electron chi connectivity index (χ1n) is 7.20. The second-order valence-electron chi connectivity index (χ2n) is 5.75. The molecule has 5 heteroatoms. The van der Waals surface area contributed by atoms with Crippen LogP contribution in [0, 0.1) is 11.8 Å². The zero-order valence-electron chi connectivity index (χ0n) is 12.4. The Morgan fingerprint density at radius 1 is 1.11 bits per heavy atom. The number of nitrogens with zero attached hydrogens (tertiary/aromatic N) is 2. The van der Waals surface area contributed by atoms with E-state index in [1.54, 1.807) is 6.92 Å². The third-order valence-electron chi connectivity index (χ3n) is 3.64. The van der Waals surface area contributed by atoms with Gasteiger partial charge >= 0.3 is 0 Å². The van der Waals surface area contributed by atoms with Crippen LogP contribution in [-0.4, -0.2) is 54.3 Å². The van der Waals surface area contributed by atoms with Crippen molar-refractivity contribution in [3.63, 3.8) is 0 Å². The molecule has 1 atom stereocenters. The van der Waals surface area contributed by atoms with Gasteiger partial charge in [0.15, 0.2) is 0 Å². The smallest absolute Gasteiger partial charge is 0.227 e. The number of nitrogens with two attached hydrogens (primary N) is 1. The minimum atomic E-state index is -0.0797. The highest BCUT2D eigenvalue weighted by atomic mass is 16.2. The van der Waals surface area contributed by atoms with E-state index in [0.717, 1.165) is 25.9 Å². The van der Waals surface area contributed by atoms with Gasteiger partial charge in [0.2, 0.25) is 11.8 Å². The van der Waals surface area contributed by atoms with E-state index in [1.807, 2.05) is 9.80 Å². The molecule has 0 spiro atoms. The molecule has 0 aromatic carbocycles. The Hall–Kier alpha value is -1.10. The molecule has 0 aromatic rings. The quantitative estimate of drug-likeness (QED) is 0.816. The lowest BCUT2D eigenvalue weighted by Crippen LogP contribution is -2.42. The highest BCUT2D eigenvalue weighted by Crippen LogP contribution is 2.15. The summed E-state index contributed by atoms with van der Waals surface area (Å²) in [6.07, 6.45) is 1.69. The maximum atomic E-state index is 12.4. The molecule has 1 unspecified atom stereocenters. The average Bonchev–Trinajstić information content (AvgIpc) is 2.60. The second kappa shape index (κ2) is 7.48. The van der Waals surface area contributed by atoms with Crippen molar-refractivity contribution in [1.82, 2.24) is 9.80 Å². The molecule has 110 valence electrons. The van der Waals surface area contributed by atoms with Gasteiger partial charge in [-0.05, 0) is 18.8 Å². The predicted octanol–water partition coefficient (Wildman–Crippen LogP) is 0.688. The summed E-state index contributed by atoms with van der Waals surface area (Å²) in [7, 11) is 0. The highest BCUT2D eigenvalue weighted by molar-refractivity contribution is 5.79. The van der Waals surface area contributed by atoms with Crippen LogP contribution < -0.4 is 5.73 Å². The minimum absolute atomic E-state index is 0.0797. The molecule has 2 amide bonds. The third kappa shape index (κ3) is 4.82. The molecule has 0 bridgehead atoms. The van der Waals surface area contributed by atoms with Crippen LogP contribution in [0.3, 0.4) is 0 Å². The lowest BCUT2D eigenvalue weighted by Gasteiger charge is -2.26. The highest BCUT2D eigenvalue weighted by Gasteiger charge is 2.26. The lowest BCUT2D eigenvalue weighted by molar-refractivity contribution is -0.136. The molecule has 1 heterocycles. The summed E-state index contributed by atoms with van der Waals surface area (Å²) >= 11 is 0. The van der Waals surface area contributed by atoms with Crippen LogP contribution in [0.2, 0.25) is 0 Å². The predicted molar refractivity (Wildman–Crippen MR) is 75.5 cm³/mol. The first kappa shape index (κ1) is 16.0. The van der Waals surface area contributed by atoms with Crippen molar-refractivity contribution in [2.75, 3.05) is 32.7 Å². The van der Waals surface area contributed by atoms with E-state index in [4.69, 9.17) is 5.73 Å². The number of hydrogen-bond acceptors (Lipinski definition) is 3. The summed E-state index contributed by atoms with van der Waals surface area (Å²) in [4.78, 5) is 27.5. The summed E-state index contributed by atoms with van der Waals surface area (Å²) < 4.78 is 0. The van der Waals surface area contributed by atoms with Crippen molar-refractivity contribution in [2.45, 2.75) is 33.6 Å². The van der Waals surface area contributed by atoms with Crippen molar-refractivity contribution in [2.24, 2.45) is 17.6 Å². The van der Waals surface area contributed by atoms with Crippen LogP contribution in [0.5, 0.6) is 0 Å². The Morgan fingerprint density at radius 2 is 1.68 bits per heavy atom. The SMILES string of the molecule is CC(=O)N1CCCN(C(=O)C(CN)CC(C)C)CC1. The van der Waals surface area contributed by atoms with Gasteiger partial charge in [-0.25, -0.2) is 0 Å². The lowest BCUT2D eigenvalue weighted by atomic mass is 9.96. The standard InChI is InChI=1S/C14H27N3O2/c1-11(2)9-13(10-15)14(19)17-6-4-5-16(7-8-17)12(3)18/h11,13H,4-10,15H2,1-3H3. The largest absolute Gasteiger partial charge is 0.341 e. The maximum Gasteiger partial charge on any atom is 0.227 e. The normalized spacial score (nSPS) is 18.4. The number of hydrogen-bond donors (Lipinski definition) is 1. The third-order valence-corrected chi connectivity index (χ3v) is 3.64. The Bertz CT molecular complexity index is 318. The van der Waals surface area contributed by atoms with Gasteiger partial charge in [0.1, 0.15) is 0 Å². The summed E-state index contributed by atoms with van der Waals surface area (Å²) in [5, 5.41) is 0. The molecular formula is C14H27N3O2. The van der Waals surface area contributed by atoms with E-state index in [2.05, 4.69) is 13.8 Å². The first-order chi connectivity index (χ1) is 8.95. The van der Waals surface area contributed by atoms with Gasteiger partial charge in [0.25, 0.3) is 0 Å². The van der Waals surface area contributed by atoms with Crippen LogP contribution in [0.25, 0.3) is 0 Å². The average molecular weight is 269 g/mol. The molecular weight excluding hydrogens is 242 g/mol. The number of carbonyl (C=O) groups excluding carboxylic acids is 2. The number of amides is 2. The van der Waals surface area contributed by atoms with Crippen molar-refractivity contribution in [3.8, 4) is 0 Å². The Balaban J connectivity index is 2.59. The molecule has 0 saturated carbocycles. The number of carbonyl (C=O) groups is 2. The molecule has 5 nitrogen and oxygen atoms in total. The first-order valence-corrected chi connectivity index (χ1v) is 7.20. The van der Waals surface area contributed by atoms with Gasteiger partial charge in [-0.2, -0.15) is 0 Å². The van der Waals surface area contributed by atoms with Crippen molar-refractivity contribution >= 4 is 11.8 Å². The summed E-state index contributed by atoms with van der Waals surface area (Å²) in [5.41, 5.74) is 5.73. The molecule has 1 aliphatic rings. The van der Waals surface area contributed by atoms with Crippen LogP contribution in [0.1, 0.15) is 33.6 Å². The fourth-order valence-electron chi connectivity index (χ4n) is 2.58. The van der Waals surface area contributed by atoms with E-state index in [0.29, 0.717) is 25.6 Å². The van der Waals surface area contributed by atoms with Crippen molar-refractivity contribution < 1.29 is 9.59 Å². The Morgan fingerprint density at radius 3 is 2.21 bits per heavy atom. The van der Waals surface area contributed by atoms with E-state index in [-0.39, 0.29) is 17.7 Å². The molecule has 0 radical (unpaired) electrons. The van der Waals surface area contributed by atoms with Gasteiger partial charge in [0, 0.05) is 39.6 Å². The van der Waals surface area contributed by atoms with Crippen molar-refractivity contribution in [1.29, 1.82) is 0 Å². The summed E-state index contributed by atoms with van der Waals surface area (Å²) in [5.74, 6) is 0.635. The summed E-state index contributed by atoms with van der Waals surface area (Å²) in [6.45, 7) is 8.95. The topological polar surface area (TPSA) is 66.6 Å². The van der Waals surface area contributed by atoms with Gasteiger partial charge in [0.05, 0.1) is 5.92 Å². The van der Waals surface area contributed by atoms with E-state index in [9.17, 15) is 9.59 Å². The Labute approximate surface area is 116 Å². The summed E-state index contributed by atoms with van der Waals surface area (Å²) in [6, 6.07) is 0. The fourth-order valence-corrected chi connectivity index (χ4v) is 2.58. The van der Waals surface area contributed by atoms with Gasteiger partial charge < -0.3 is 15.5 Å². The van der Waals surface area contributed by atoms with Crippen LogP contribution in [0.4, 0.5) is 0 Å². The molecule has 1 fully saturated rings. The molecule has 2 N–H and O–H groups in total. The van der Waals surface area contributed by atoms with Crippen LogP contribution >= 0.6 is 0 Å².